The molecule has 0 aliphatic rings. The molecule has 0 aromatic carbocycles. The van der Waals surface area contributed by atoms with Gasteiger partial charge in [-0.15, -0.1) is 5.11 Å². The number of aromatic nitrogens is 1. The van der Waals surface area contributed by atoms with Crippen molar-refractivity contribution in [2.45, 2.75) is 0 Å². The zero-order chi connectivity index (χ0) is 6.53. The standard InChI is InChI=1S/C5H4ClN3/c6-9-8-5-2-1-3-7-4-5/h1-4H. The van der Waals surface area contributed by atoms with Crippen molar-refractivity contribution in [3.05, 3.63) is 24.5 Å². The van der Waals surface area contributed by atoms with Crippen LogP contribution < -0.4 is 0 Å². The summed E-state index contributed by atoms with van der Waals surface area (Å²) < 4.78 is 3.06. The van der Waals surface area contributed by atoms with Gasteiger partial charge < -0.3 is 0 Å². The van der Waals surface area contributed by atoms with Gasteiger partial charge in [-0.3, -0.25) is 4.98 Å². The van der Waals surface area contributed by atoms with Crippen LogP contribution in [0.25, 0.3) is 0 Å². The van der Waals surface area contributed by atoms with Crippen molar-refractivity contribution in [2.75, 3.05) is 0 Å². The smallest absolute Gasteiger partial charge is 0.105 e. The van der Waals surface area contributed by atoms with Gasteiger partial charge >= 0.3 is 0 Å². The van der Waals surface area contributed by atoms with E-state index in [4.69, 9.17) is 11.8 Å². The number of rotatable bonds is 1. The predicted molar refractivity (Wildman–Crippen MR) is 34.6 cm³/mol. The van der Waals surface area contributed by atoms with E-state index in [1.54, 1.807) is 24.5 Å². The Kier molecular flexibility index (Phi) is 2.15. The fourth-order valence-electron chi connectivity index (χ4n) is 0.457. The van der Waals surface area contributed by atoms with E-state index in [1.807, 2.05) is 0 Å². The summed E-state index contributed by atoms with van der Waals surface area (Å²) in [7, 11) is 0. The van der Waals surface area contributed by atoms with Crippen LogP contribution in [0.2, 0.25) is 0 Å². The highest BCUT2D eigenvalue weighted by Crippen LogP contribution is 2.08. The van der Waals surface area contributed by atoms with Crippen LogP contribution in [0.5, 0.6) is 0 Å². The van der Waals surface area contributed by atoms with Crippen LogP contribution in [0.4, 0.5) is 5.69 Å². The normalized spacial score (nSPS) is 10.3. The van der Waals surface area contributed by atoms with Crippen molar-refractivity contribution >= 4 is 17.5 Å². The van der Waals surface area contributed by atoms with E-state index in [-0.39, 0.29) is 0 Å². The maximum Gasteiger partial charge on any atom is 0.105 e. The van der Waals surface area contributed by atoms with E-state index in [0.717, 1.165) is 0 Å². The molecule has 4 heteroatoms. The van der Waals surface area contributed by atoms with Gasteiger partial charge in [-0.25, -0.2) is 0 Å². The van der Waals surface area contributed by atoms with Gasteiger partial charge in [-0.05, 0) is 12.1 Å². The maximum atomic E-state index is 4.97. The fourth-order valence-corrected chi connectivity index (χ4v) is 0.544. The third kappa shape index (κ3) is 1.77. The van der Waals surface area contributed by atoms with Gasteiger partial charge in [0.05, 0.1) is 18.0 Å². The first-order valence-corrected chi connectivity index (χ1v) is 2.69. The highest BCUT2D eigenvalue weighted by molar-refractivity contribution is 6.14. The van der Waals surface area contributed by atoms with Crippen LogP contribution in [-0.2, 0) is 0 Å². The Morgan fingerprint density at radius 1 is 1.56 bits per heavy atom. The van der Waals surface area contributed by atoms with Crippen molar-refractivity contribution in [3.63, 3.8) is 0 Å². The molecule has 0 bridgehead atoms. The summed E-state index contributed by atoms with van der Waals surface area (Å²) in [6.45, 7) is 0. The molecule has 0 amide bonds. The lowest BCUT2D eigenvalue weighted by Crippen LogP contribution is -1.64. The Bertz CT molecular complexity index is 197. The van der Waals surface area contributed by atoms with Gasteiger partial charge in [0.25, 0.3) is 0 Å². The molecule has 0 fully saturated rings. The van der Waals surface area contributed by atoms with Crippen LogP contribution in [0.15, 0.2) is 34.3 Å². The lowest BCUT2D eigenvalue weighted by atomic mass is 10.4. The predicted octanol–water partition coefficient (Wildman–Crippen LogP) is 2.32. The van der Waals surface area contributed by atoms with Crippen molar-refractivity contribution in [3.8, 4) is 0 Å². The van der Waals surface area contributed by atoms with E-state index >= 15 is 0 Å². The van der Waals surface area contributed by atoms with Crippen molar-refractivity contribution in [2.24, 2.45) is 9.75 Å². The van der Waals surface area contributed by atoms with Gasteiger partial charge in [-0.2, -0.15) is 0 Å². The minimum absolute atomic E-state index is 0.660. The van der Waals surface area contributed by atoms with Crippen LogP contribution in [0, 0.1) is 0 Å². The van der Waals surface area contributed by atoms with Gasteiger partial charge in [0.2, 0.25) is 0 Å². The third-order valence-corrected chi connectivity index (χ3v) is 0.875. The highest BCUT2D eigenvalue weighted by Gasteiger charge is 1.82. The average Bonchev–Trinajstić information content (AvgIpc) is 1.91. The van der Waals surface area contributed by atoms with Gasteiger partial charge in [0.1, 0.15) is 5.69 Å². The molecule has 9 heavy (non-hydrogen) atoms. The molecule has 0 aliphatic carbocycles. The van der Waals surface area contributed by atoms with Crippen LogP contribution in [0.1, 0.15) is 0 Å². The molecular weight excluding hydrogens is 138 g/mol. The zero-order valence-corrected chi connectivity index (χ0v) is 5.28. The van der Waals surface area contributed by atoms with E-state index < -0.39 is 0 Å². The summed E-state index contributed by atoms with van der Waals surface area (Å²) in [4.78, 5) is 3.79. The quantitative estimate of drug-likeness (QED) is 0.553. The summed E-state index contributed by atoms with van der Waals surface area (Å²) in [6.07, 6.45) is 3.24. The van der Waals surface area contributed by atoms with Crippen LogP contribution >= 0.6 is 11.8 Å². The Morgan fingerprint density at radius 3 is 3.00 bits per heavy atom. The van der Waals surface area contributed by atoms with Gasteiger partial charge in [-0.1, -0.05) is 4.63 Å². The summed E-state index contributed by atoms with van der Waals surface area (Å²) in [5.41, 5.74) is 0.660. The average molecular weight is 142 g/mol. The SMILES string of the molecule is ClN=Nc1cccnc1. The molecule has 1 aromatic heterocycles. The van der Waals surface area contributed by atoms with Gasteiger partial charge in [0, 0.05) is 6.20 Å². The molecule has 46 valence electrons. The van der Waals surface area contributed by atoms with Crippen molar-refractivity contribution in [1.29, 1.82) is 0 Å². The molecule has 1 heterocycles. The van der Waals surface area contributed by atoms with Crippen molar-refractivity contribution < 1.29 is 0 Å². The molecule has 0 radical (unpaired) electrons. The molecule has 1 aromatic rings. The number of halogens is 1. The Hall–Kier alpha value is -0.960. The molecule has 0 unspecified atom stereocenters. The summed E-state index contributed by atoms with van der Waals surface area (Å²) in [5.74, 6) is 0. The van der Waals surface area contributed by atoms with E-state index in [9.17, 15) is 0 Å². The molecule has 0 saturated carbocycles. The minimum Gasteiger partial charge on any atom is -0.262 e. The molecular formula is C5H4ClN3. The second kappa shape index (κ2) is 3.14. The van der Waals surface area contributed by atoms with Crippen molar-refractivity contribution in [1.82, 2.24) is 4.98 Å². The first-order valence-electron chi connectivity index (χ1n) is 2.35. The fraction of sp³-hybridized carbons (Fsp3) is 0. The number of hydrogen-bond acceptors (Lipinski definition) is 3. The van der Waals surface area contributed by atoms with E-state index in [2.05, 4.69) is 14.7 Å². The second-order valence-electron chi connectivity index (χ2n) is 1.39. The number of hydrogen-bond donors (Lipinski definition) is 0. The Balaban J connectivity index is 2.85. The number of pyridine rings is 1. The third-order valence-electron chi connectivity index (χ3n) is 0.799. The topological polar surface area (TPSA) is 37.6 Å². The lowest BCUT2D eigenvalue weighted by Gasteiger charge is -1.83. The largest absolute Gasteiger partial charge is 0.262 e. The van der Waals surface area contributed by atoms with Crippen LogP contribution in [-0.4, -0.2) is 4.98 Å². The molecule has 0 atom stereocenters. The number of nitrogens with zero attached hydrogens (tertiary/aromatic N) is 3. The van der Waals surface area contributed by atoms with Gasteiger partial charge in [0.15, 0.2) is 0 Å². The molecule has 0 N–H and O–H groups in total. The first kappa shape index (κ1) is 6.16. The Morgan fingerprint density at radius 2 is 2.44 bits per heavy atom. The van der Waals surface area contributed by atoms with Crippen LogP contribution in [0.3, 0.4) is 0 Å². The molecule has 3 nitrogen and oxygen atoms in total. The zero-order valence-electron chi connectivity index (χ0n) is 4.53. The monoisotopic (exact) mass is 141 g/mol. The molecule has 1 rings (SSSR count). The summed E-state index contributed by atoms with van der Waals surface area (Å²) in [5, 5.41) is 3.53. The van der Waals surface area contributed by atoms with E-state index in [0.29, 0.717) is 5.69 Å². The molecule has 0 aliphatic heterocycles. The minimum atomic E-state index is 0.660. The maximum absolute atomic E-state index is 4.97. The van der Waals surface area contributed by atoms with E-state index in [1.165, 1.54) is 0 Å². The highest BCUT2D eigenvalue weighted by atomic mass is 35.5. The molecule has 0 spiro atoms. The lowest BCUT2D eigenvalue weighted by molar-refractivity contribution is 1.25. The first-order chi connectivity index (χ1) is 4.43. The second-order valence-corrected chi connectivity index (χ2v) is 1.54. The summed E-state index contributed by atoms with van der Waals surface area (Å²) in [6, 6.07) is 3.53. The summed E-state index contributed by atoms with van der Waals surface area (Å²) >= 11 is 4.97. The molecule has 0 saturated heterocycles. The Labute approximate surface area is 57.5 Å².